The van der Waals surface area contributed by atoms with Crippen LogP contribution in [0.15, 0.2) is 24.3 Å². The minimum Gasteiger partial charge on any atom is -0.298 e. The van der Waals surface area contributed by atoms with Crippen molar-refractivity contribution in [3.8, 4) is 0 Å². The number of carbonyl (C=O) groups is 3. The number of Topliss-reactive ketones (excluding diaryl/α,β-unsaturated/α-hetero) is 3. The summed E-state index contributed by atoms with van der Waals surface area (Å²) in [6.07, 6.45) is 7.32. The maximum Gasteiger partial charge on any atom is 0.181 e. The van der Waals surface area contributed by atoms with E-state index >= 15 is 0 Å². The van der Waals surface area contributed by atoms with E-state index in [4.69, 9.17) is 0 Å². The molecule has 3 nitrogen and oxygen atoms in total. The van der Waals surface area contributed by atoms with Gasteiger partial charge in [0.25, 0.3) is 0 Å². The summed E-state index contributed by atoms with van der Waals surface area (Å²) in [5.41, 5.74) is 0.831. The molecule has 0 atom stereocenters. The van der Waals surface area contributed by atoms with Crippen LogP contribution in [0.25, 0.3) is 0 Å². The molecule has 2 aliphatic rings. The van der Waals surface area contributed by atoms with Crippen LogP contribution in [0.5, 0.6) is 0 Å². The number of rotatable bonds is 4. The summed E-state index contributed by atoms with van der Waals surface area (Å²) in [6, 6.07) is 6.76. The molecule has 2 aliphatic carbocycles. The average molecular weight is 284 g/mol. The predicted octanol–water partition coefficient (Wildman–Crippen LogP) is 3.61. The molecule has 0 bridgehead atoms. The summed E-state index contributed by atoms with van der Waals surface area (Å²) in [4.78, 5) is 36.9. The first-order chi connectivity index (χ1) is 10.2. The lowest BCUT2D eigenvalue weighted by Gasteiger charge is -2.21. The van der Waals surface area contributed by atoms with Gasteiger partial charge in [-0.05, 0) is 12.3 Å². The molecule has 0 unspecified atom stereocenters. The Morgan fingerprint density at radius 1 is 0.952 bits per heavy atom. The van der Waals surface area contributed by atoms with Gasteiger partial charge in [-0.15, -0.1) is 0 Å². The molecule has 0 heterocycles. The van der Waals surface area contributed by atoms with E-state index in [0.717, 1.165) is 6.42 Å². The van der Waals surface area contributed by atoms with Gasteiger partial charge in [-0.3, -0.25) is 14.4 Å². The first kappa shape index (κ1) is 14.2. The molecule has 1 aromatic rings. The Morgan fingerprint density at radius 2 is 1.52 bits per heavy atom. The van der Waals surface area contributed by atoms with Crippen molar-refractivity contribution in [2.24, 2.45) is 11.8 Å². The van der Waals surface area contributed by atoms with E-state index in [9.17, 15) is 14.4 Å². The van der Waals surface area contributed by atoms with Crippen molar-refractivity contribution in [2.45, 2.75) is 44.9 Å². The highest BCUT2D eigenvalue weighted by molar-refractivity contribution is 6.35. The van der Waals surface area contributed by atoms with Gasteiger partial charge in [0.1, 0.15) is 5.92 Å². The summed E-state index contributed by atoms with van der Waals surface area (Å²) in [7, 11) is 0. The standard InChI is InChI=1S/C18H20O3/c19-15(11-10-12-6-2-1-3-7-12)16-17(20)13-8-4-5-9-14(13)18(16)21/h4-5,8-9,12,16H,1-3,6-7,10-11H2. The molecule has 0 amide bonds. The molecule has 0 spiro atoms. The summed E-state index contributed by atoms with van der Waals surface area (Å²) in [5.74, 6) is -1.26. The summed E-state index contributed by atoms with van der Waals surface area (Å²) >= 11 is 0. The van der Waals surface area contributed by atoms with Gasteiger partial charge in [0.15, 0.2) is 17.3 Å². The lowest BCUT2D eigenvalue weighted by atomic mass is 9.84. The molecule has 1 aromatic carbocycles. The fourth-order valence-electron chi connectivity index (χ4n) is 3.60. The maximum atomic E-state index is 12.3. The van der Waals surface area contributed by atoms with E-state index in [1.807, 2.05) is 0 Å². The lowest BCUT2D eigenvalue weighted by molar-refractivity contribution is -0.120. The minimum atomic E-state index is -1.06. The number of fused-ring (bicyclic) bond motifs is 1. The molecule has 0 aromatic heterocycles. The van der Waals surface area contributed by atoms with E-state index in [-0.39, 0.29) is 17.3 Å². The highest BCUT2D eigenvalue weighted by Crippen LogP contribution is 2.31. The van der Waals surface area contributed by atoms with E-state index in [1.54, 1.807) is 24.3 Å². The first-order valence-corrected chi connectivity index (χ1v) is 7.88. The molecule has 110 valence electrons. The van der Waals surface area contributed by atoms with Crippen LogP contribution in [0.4, 0.5) is 0 Å². The summed E-state index contributed by atoms with van der Waals surface area (Å²) in [5, 5.41) is 0. The Morgan fingerprint density at radius 3 is 2.10 bits per heavy atom. The Kier molecular flexibility index (Phi) is 4.00. The van der Waals surface area contributed by atoms with Crippen molar-refractivity contribution in [2.75, 3.05) is 0 Å². The zero-order valence-corrected chi connectivity index (χ0v) is 12.1. The van der Waals surface area contributed by atoms with Crippen molar-refractivity contribution in [1.29, 1.82) is 0 Å². The van der Waals surface area contributed by atoms with Crippen LogP contribution in [0, 0.1) is 11.8 Å². The van der Waals surface area contributed by atoms with Crippen molar-refractivity contribution in [3.05, 3.63) is 35.4 Å². The molecule has 1 fully saturated rings. The van der Waals surface area contributed by atoms with Gasteiger partial charge in [0.2, 0.25) is 0 Å². The quantitative estimate of drug-likeness (QED) is 0.794. The Labute approximate surface area is 124 Å². The van der Waals surface area contributed by atoms with Crippen molar-refractivity contribution < 1.29 is 14.4 Å². The van der Waals surface area contributed by atoms with Gasteiger partial charge in [-0.1, -0.05) is 56.4 Å². The van der Waals surface area contributed by atoms with Gasteiger partial charge >= 0.3 is 0 Å². The Balaban J connectivity index is 1.66. The molecule has 0 N–H and O–H groups in total. The van der Waals surface area contributed by atoms with Crippen molar-refractivity contribution >= 4 is 17.3 Å². The molecule has 1 saturated carbocycles. The first-order valence-electron chi connectivity index (χ1n) is 7.88. The highest BCUT2D eigenvalue weighted by Gasteiger charge is 2.42. The van der Waals surface area contributed by atoms with Gasteiger partial charge < -0.3 is 0 Å². The molecule has 0 radical (unpaired) electrons. The van der Waals surface area contributed by atoms with Gasteiger partial charge in [0, 0.05) is 17.5 Å². The van der Waals surface area contributed by atoms with E-state index in [0.29, 0.717) is 23.5 Å². The molecule has 3 rings (SSSR count). The average Bonchev–Trinajstić information content (AvgIpc) is 2.78. The third-order valence-corrected chi connectivity index (χ3v) is 4.83. The number of carbonyl (C=O) groups excluding carboxylic acids is 3. The third-order valence-electron chi connectivity index (χ3n) is 4.83. The maximum absolute atomic E-state index is 12.3. The summed E-state index contributed by atoms with van der Waals surface area (Å²) < 4.78 is 0. The smallest absolute Gasteiger partial charge is 0.181 e. The molecule has 21 heavy (non-hydrogen) atoms. The van der Waals surface area contributed by atoms with Crippen LogP contribution in [-0.2, 0) is 4.79 Å². The van der Waals surface area contributed by atoms with E-state index in [1.165, 1.54) is 32.1 Å². The van der Waals surface area contributed by atoms with Crippen LogP contribution in [0.3, 0.4) is 0 Å². The molecule has 0 saturated heterocycles. The van der Waals surface area contributed by atoms with Crippen LogP contribution in [0.1, 0.15) is 65.7 Å². The lowest BCUT2D eigenvalue weighted by Crippen LogP contribution is -2.26. The van der Waals surface area contributed by atoms with Crippen LogP contribution >= 0.6 is 0 Å². The number of hydrogen-bond acceptors (Lipinski definition) is 3. The van der Waals surface area contributed by atoms with Crippen molar-refractivity contribution in [3.63, 3.8) is 0 Å². The van der Waals surface area contributed by atoms with Gasteiger partial charge in [0.05, 0.1) is 0 Å². The second kappa shape index (κ2) is 5.92. The Bertz CT molecular complexity index is 547. The highest BCUT2D eigenvalue weighted by atomic mass is 16.2. The van der Waals surface area contributed by atoms with Gasteiger partial charge in [-0.2, -0.15) is 0 Å². The topological polar surface area (TPSA) is 51.2 Å². The van der Waals surface area contributed by atoms with Crippen LogP contribution < -0.4 is 0 Å². The van der Waals surface area contributed by atoms with Crippen LogP contribution in [0.2, 0.25) is 0 Å². The monoisotopic (exact) mass is 284 g/mol. The molecule has 0 aliphatic heterocycles. The zero-order valence-electron chi connectivity index (χ0n) is 12.1. The molecular formula is C18H20O3. The van der Waals surface area contributed by atoms with E-state index in [2.05, 4.69) is 0 Å². The fourth-order valence-corrected chi connectivity index (χ4v) is 3.60. The predicted molar refractivity (Wildman–Crippen MR) is 79.4 cm³/mol. The largest absolute Gasteiger partial charge is 0.298 e. The number of benzene rings is 1. The Hall–Kier alpha value is -1.77. The molecular weight excluding hydrogens is 264 g/mol. The minimum absolute atomic E-state index is 0.188. The third kappa shape index (κ3) is 2.69. The molecule has 3 heteroatoms. The normalized spacial score (nSPS) is 19.8. The fraction of sp³-hybridized carbons (Fsp3) is 0.500. The van der Waals surface area contributed by atoms with Gasteiger partial charge in [-0.25, -0.2) is 0 Å². The summed E-state index contributed by atoms with van der Waals surface area (Å²) in [6.45, 7) is 0. The number of hydrogen-bond donors (Lipinski definition) is 0. The van der Waals surface area contributed by atoms with Crippen LogP contribution in [-0.4, -0.2) is 17.3 Å². The van der Waals surface area contributed by atoms with E-state index < -0.39 is 5.92 Å². The van der Waals surface area contributed by atoms with Crippen molar-refractivity contribution in [1.82, 2.24) is 0 Å². The SMILES string of the molecule is O=C(CCC1CCCCC1)C1C(=O)c2ccccc2C1=O. The zero-order chi connectivity index (χ0) is 14.8. The second-order valence-electron chi connectivity index (χ2n) is 6.22. The second-order valence-corrected chi connectivity index (χ2v) is 6.22. The number of ketones is 3.